The molecular weight excluding hydrogens is 166 g/mol. The minimum absolute atomic E-state index is 0.360. The lowest BCUT2D eigenvalue weighted by Crippen LogP contribution is -2.37. The molecule has 2 N–H and O–H groups in total. The average molecular weight is 187 g/mol. The van der Waals surface area contributed by atoms with Crippen molar-refractivity contribution in [3.05, 3.63) is 0 Å². The summed E-state index contributed by atoms with van der Waals surface area (Å²) in [6, 6.07) is 0.552. The molecule has 78 valence electrons. The Bertz CT molecular complexity index is 137. The molecule has 1 aliphatic carbocycles. The van der Waals surface area contributed by atoms with Crippen molar-refractivity contribution in [2.24, 2.45) is 5.92 Å². The first-order valence-corrected chi connectivity index (χ1v) is 5.23. The van der Waals surface area contributed by atoms with E-state index in [1.807, 2.05) is 6.92 Å². The highest BCUT2D eigenvalue weighted by molar-refractivity contribution is 4.83. The van der Waals surface area contributed by atoms with Crippen molar-refractivity contribution >= 4 is 0 Å². The third-order valence-electron chi connectivity index (χ3n) is 2.52. The zero-order valence-corrected chi connectivity index (χ0v) is 8.62. The fourth-order valence-electron chi connectivity index (χ4n) is 1.40. The predicted octanol–water partition coefficient (Wildman–Crippen LogP) is 0.772. The summed E-state index contributed by atoms with van der Waals surface area (Å²) in [6.45, 7) is 5.89. The lowest BCUT2D eigenvalue weighted by atomic mass is 10.2. The van der Waals surface area contributed by atoms with Gasteiger partial charge >= 0.3 is 0 Å². The summed E-state index contributed by atoms with van der Waals surface area (Å²) in [5, 5.41) is 12.8. The summed E-state index contributed by atoms with van der Waals surface area (Å²) in [7, 11) is 0. The molecule has 0 heterocycles. The highest BCUT2D eigenvalue weighted by atomic mass is 16.5. The fourth-order valence-corrected chi connectivity index (χ4v) is 1.40. The zero-order chi connectivity index (χ0) is 9.68. The van der Waals surface area contributed by atoms with Gasteiger partial charge in [-0.2, -0.15) is 0 Å². The number of hydrogen-bond donors (Lipinski definition) is 2. The minimum atomic E-state index is -0.360. The Hall–Kier alpha value is -0.120. The largest absolute Gasteiger partial charge is 0.389 e. The molecule has 13 heavy (non-hydrogen) atoms. The molecule has 1 saturated carbocycles. The summed E-state index contributed by atoms with van der Waals surface area (Å²) in [4.78, 5) is 0. The standard InChI is InChI=1S/C10H21NO2/c1-3-13-7-10(12)6-11-8(2)9-4-5-9/h8-12H,3-7H2,1-2H3. The predicted molar refractivity (Wildman–Crippen MR) is 52.7 cm³/mol. The van der Waals surface area contributed by atoms with Gasteiger partial charge in [-0.3, -0.25) is 0 Å². The average Bonchev–Trinajstić information content (AvgIpc) is 2.93. The van der Waals surface area contributed by atoms with E-state index in [0.29, 0.717) is 25.8 Å². The van der Waals surface area contributed by atoms with Crippen molar-refractivity contribution < 1.29 is 9.84 Å². The molecule has 0 amide bonds. The molecule has 0 aromatic carbocycles. The maximum atomic E-state index is 9.44. The van der Waals surface area contributed by atoms with Crippen LogP contribution in [-0.4, -0.2) is 37.0 Å². The molecule has 0 radical (unpaired) electrons. The quantitative estimate of drug-likeness (QED) is 0.618. The summed E-state index contributed by atoms with van der Waals surface area (Å²) in [5.74, 6) is 0.847. The summed E-state index contributed by atoms with van der Waals surface area (Å²) in [6.07, 6.45) is 2.33. The maximum absolute atomic E-state index is 9.44. The minimum Gasteiger partial charge on any atom is -0.389 e. The summed E-state index contributed by atoms with van der Waals surface area (Å²) < 4.78 is 5.11. The molecule has 1 rings (SSSR count). The Morgan fingerprint density at radius 3 is 2.77 bits per heavy atom. The van der Waals surface area contributed by atoms with Crippen molar-refractivity contribution in [1.82, 2.24) is 5.32 Å². The van der Waals surface area contributed by atoms with Crippen LogP contribution < -0.4 is 5.32 Å². The maximum Gasteiger partial charge on any atom is 0.0897 e. The zero-order valence-electron chi connectivity index (χ0n) is 8.62. The molecule has 1 aliphatic rings. The summed E-state index contributed by atoms with van der Waals surface area (Å²) in [5.41, 5.74) is 0. The van der Waals surface area contributed by atoms with Crippen LogP contribution in [0.15, 0.2) is 0 Å². The molecule has 3 nitrogen and oxygen atoms in total. The Labute approximate surface area is 80.5 Å². The van der Waals surface area contributed by atoms with Gasteiger partial charge in [-0.15, -0.1) is 0 Å². The second-order valence-corrected chi connectivity index (χ2v) is 3.85. The SMILES string of the molecule is CCOCC(O)CNC(C)C1CC1. The van der Waals surface area contributed by atoms with E-state index in [1.165, 1.54) is 12.8 Å². The van der Waals surface area contributed by atoms with Gasteiger partial charge in [-0.05, 0) is 32.6 Å². The lowest BCUT2D eigenvalue weighted by molar-refractivity contribution is 0.0413. The van der Waals surface area contributed by atoms with Crippen molar-refractivity contribution in [3.63, 3.8) is 0 Å². The van der Waals surface area contributed by atoms with Gasteiger partial charge < -0.3 is 15.2 Å². The first-order valence-electron chi connectivity index (χ1n) is 5.23. The van der Waals surface area contributed by atoms with Crippen LogP contribution in [0.4, 0.5) is 0 Å². The topological polar surface area (TPSA) is 41.5 Å². The third-order valence-corrected chi connectivity index (χ3v) is 2.52. The third kappa shape index (κ3) is 4.60. The number of rotatable bonds is 7. The molecule has 0 bridgehead atoms. The van der Waals surface area contributed by atoms with Crippen LogP contribution >= 0.6 is 0 Å². The molecule has 0 aliphatic heterocycles. The van der Waals surface area contributed by atoms with E-state index in [9.17, 15) is 5.11 Å². The van der Waals surface area contributed by atoms with Crippen molar-refractivity contribution in [3.8, 4) is 0 Å². The van der Waals surface area contributed by atoms with Gasteiger partial charge in [-0.25, -0.2) is 0 Å². The van der Waals surface area contributed by atoms with Gasteiger partial charge in [0.25, 0.3) is 0 Å². The number of hydrogen-bond acceptors (Lipinski definition) is 3. The number of nitrogens with one attached hydrogen (secondary N) is 1. The Morgan fingerprint density at radius 1 is 1.54 bits per heavy atom. The second-order valence-electron chi connectivity index (χ2n) is 3.85. The van der Waals surface area contributed by atoms with Gasteiger partial charge in [0.15, 0.2) is 0 Å². The van der Waals surface area contributed by atoms with Crippen molar-refractivity contribution in [2.45, 2.75) is 38.8 Å². The number of ether oxygens (including phenoxy) is 1. The molecule has 0 aromatic heterocycles. The van der Waals surface area contributed by atoms with E-state index in [2.05, 4.69) is 12.2 Å². The summed E-state index contributed by atoms with van der Waals surface area (Å²) >= 11 is 0. The van der Waals surface area contributed by atoms with E-state index in [0.717, 1.165) is 5.92 Å². The van der Waals surface area contributed by atoms with E-state index in [-0.39, 0.29) is 6.10 Å². The van der Waals surface area contributed by atoms with Gasteiger partial charge in [-0.1, -0.05) is 0 Å². The van der Waals surface area contributed by atoms with E-state index in [4.69, 9.17) is 4.74 Å². The first-order chi connectivity index (χ1) is 6.24. The van der Waals surface area contributed by atoms with Crippen molar-refractivity contribution in [2.75, 3.05) is 19.8 Å². The number of aliphatic hydroxyl groups excluding tert-OH is 1. The first kappa shape index (κ1) is 11.0. The van der Waals surface area contributed by atoms with Crippen LogP contribution in [0, 0.1) is 5.92 Å². The molecule has 0 spiro atoms. The molecule has 0 aromatic rings. The van der Waals surface area contributed by atoms with Crippen molar-refractivity contribution in [1.29, 1.82) is 0 Å². The normalized spacial score (nSPS) is 21.5. The Morgan fingerprint density at radius 2 is 2.23 bits per heavy atom. The monoisotopic (exact) mass is 187 g/mol. The Kier molecular flexibility index (Phi) is 4.70. The fraction of sp³-hybridized carbons (Fsp3) is 1.00. The van der Waals surface area contributed by atoms with Gasteiger partial charge in [0.1, 0.15) is 0 Å². The molecule has 0 saturated heterocycles. The van der Waals surface area contributed by atoms with Crippen LogP contribution in [0.2, 0.25) is 0 Å². The molecule has 3 heteroatoms. The Balaban J connectivity index is 1.96. The van der Waals surface area contributed by atoms with E-state index < -0.39 is 0 Å². The van der Waals surface area contributed by atoms with E-state index >= 15 is 0 Å². The van der Waals surface area contributed by atoms with E-state index in [1.54, 1.807) is 0 Å². The highest BCUT2D eigenvalue weighted by Crippen LogP contribution is 2.32. The number of aliphatic hydroxyl groups is 1. The molecule has 2 unspecified atom stereocenters. The highest BCUT2D eigenvalue weighted by Gasteiger charge is 2.27. The van der Waals surface area contributed by atoms with Crippen LogP contribution in [-0.2, 0) is 4.74 Å². The smallest absolute Gasteiger partial charge is 0.0897 e. The molecule has 2 atom stereocenters. The van der Waals surface area contributed by atoms with Crippen LogP contribution in [0.1, 0.15) is 26.7 Å². The van der Waals surface area contributed by atoms with Gasteiger partial charge in [0.2, 0.25) is 0 Å². The lowest BCUT2D eigenvalue weighted by Gasteiger charge is -2.16. The van der Waals surface area contributed by atoms with Gasteiger partial charge in [0, 0.05) is 19.2 Å². The molecule has 1 fully saturated rings. The second kappa shape index (κ2) is 5.58. The van der Waals surface area contributed by atoms with Crippen LogP contribution in [0.3, 0.4) is 0 Å². The molecular formula is C10H21NO2. The van der Waals surface area contributed by atoms with Gasteiger partial charge in [0.05, 0.1) is 12.7 Å². The van der Waals surface area contributed by atoms with Crippen LogP contribution in [0.25, 0.3) is 0 Å². The van der Waals surface area contributed by atoms with Crippen LogP contribution in [0.5, 0.6) is 0 Å².